The van der Waals surface area contributed by atoms with Gasteiger partial charge in [0.15, 0.2) is 0 Å². The van der Waals surface area contributed by atoms with Crippen LogP contribution in [-0.2, 0) is 6.54 Å². The maximum absolute atomic E-state index is 13.2. The molecule has 1 aromatic carbocycles. The summed E-state index contributed by atoms with van der Waals surface area (Å²) in [5.41, 5.74) is 1.44. The molecule has 0 saturated heterocycles. The summed E-state index contributed by atoms with van der Waals surface area (Å²) in [5, 5.41) is 9.03. The van der Waals surface area contributed by atoms with Crippen molar-refractivity contribution < 1.29 is 4.39 Å². The summed E-state index contributed by atoms with van der Waals surface area (Å²) in [6, 6.07) is 6.77. The van der Waals surface area contributed by atoms with Crippen LogP contribution in [0.25, 0.3) is 0 Å². The molecule has 1 rings (SSSR count). The maximum atomic E-state index is 13.2. The second kappa shape index (κ2) is 5.49. The predicted molar refractivity (Wildman–Crippen MR) is 71.5 cm³/mol. The van der Waals surface area contributed by atoms with Crippen molar-refractivity contribution in [3.05, 3.63) is 35.1 Å². The minimum absolute atomic E-state index is 0.148. The zero-order valence-electron chi connectivity index (χ0n) is 11.8. The normalized spacial score (nSPS) is 13.4. The Hall–Kier alpha value is -1.40. The lowest BCUT2D eigenvalue weighted by atomic mass is 9.87. The van der Waals surface area contributed by atoms with E-state index in [1.165, 1.54) is 12.1 Å². The monoisotopic (exact) mass is 248 g/mol. The topological polar surface area (TPSA) is 27.0 Å². The molecule has 0 aliphatic carbocycles. The number of nitrogens with zero attached hydrogens (tertiary/aromatic N) is 2. The summed E-state index contributed by atoms with van der Waals surface area (Å²) in [6.07, 6.45) is 0. The van der Waals surface area contributed by atoms with E-state index in [0.29, 0.717) is 18.2 Å². The van der Waals surface area contributed by atoms with Gasteiger partial charge in [-0.1, -0.05) is 20.8 Å². The third kappa shape index (κ3) is 3.54. The molecule has 0 aliphatic rings. The highest BCUT2D eigenvalue weighted by Gasteiger charge is 2.24. The van der Waals surface area contributed by atoms with E-state index in [2.05, 4.69) is 38.7 Å². The standard InChI is InChI=1S/C15H21FN2/c1-11(15(2,3)4)18(5)10-13-8-14(16)7-6-12(13)9-17/h6-8,11H,10H2,1-5H3. The van der Waals surface area contributed by atoms with Gasteiger partial charge in [-0.3, -0.25) is 4.90 Å². The Kier molecular flexibility index (Phi) is 4.48. The summed E-state index contributed by atoms with van der Waals surface area (Å²) in [4.78, 5) is 2.15. The van der Waals surface area contributed by atoms with Crippen molar-refractivity contribution in [2.75, 3.05) is 7.05 Å². The number of hydrogen-bond donors (Lipinski definition) is 0. The average molecular weight is 248 g/mol. The van der Waals surface area contributed by atoms with E-state index in [4.69, 9.17) is 5.26 Å². The Morgan fingerprint density at radius 2 is 2.00 bits per heavy atom. The lowest BCUT2D eigenvalue weighted by Gasteiger charge is -2.35. The van der Waals surface area contributed by atoms with Crippen LogP contribution in [0.3, 0.4) is 0 Å². The van der Waals surface area contributed by atoms with Crippen molar-refractivity contribution in [2.24, 2.45) is 5.41 Å². The fourth-order valence-electron chi connectivity index (χ4n) is 1.87. The third-order valence-corrected chi connectivity index (χ3v) is 3.52. The highest BCUT2D eigenvalue weighted by molar-refractivity contribution is 5.37. The van der Waals surface area contributed by atoms with Crippen LogP contribution in [0.4, 0.5) is 4.39 Å². The molecular weight excluding hydrogens is 227 g/mol. The molecule has 1 aromatic rings. The van der Waals surface area contributed by atoms with Gasteiger partial charge < -0.3 is 0 Å². The first-order valence-electron chi connectivity index (χ1n) is 6.14. The van der Waals surface area contributed by atoms with E-state index in [9.17, 15) is 4.39 Å². The van der Waals surface area contributed by atoms with Crippen LogP contribution >= 0.6 is 0 Å². The minimum Gasteiger partial charge on any atom is -0.299 e. The fraction of sp³-hybridized carbons (Fsp3) is 0.533. The van der Waals surface area contributed by atoms with Crippen LogP contribution in [-0.4, -0.2) is 18.0 Å². The van der Waals surface area contributed by atoms with Crippen molar-refractivity contribution in [1.29, 1.82) is 5.26 Å². The molecular formula is C15H21FN2. The number of halogens is 1. The minimum atomic E-state index is -0.291. The van der Waals surface area contributed by atoms with E-state index in [-0.39, 0.29) is 11.2 Å². The van der Waals surface area contributed by atoms with Crippen molar-refractivity contribution >= 4 is 0 Å². The van der Waals surface area contributed by atoms with Crippen LogP contribution in [0.15, 0.2) is 18.2 Å². The van der Waals surface area contributed by atoms with Gasteiger partial charge in [-0.15, -0.1) is 0 Å². The first-order valence-corrected chi connectivity index (χ1v) is 6.14. The molecule has 0 fully saturated rings. The van der Waals surface area contributed by atoms with E-state index >= 15 is 0 Å². The zero-order valence-corrected chi connectivity index (χ0v) is 11.8. The number of hydrogen-bond acceptors (Lipinski definition) is 2. The molecule has 0 bridgehead atoms. The molecule has 0 amide bonds. The first kappa shape index (κ1) is 14.7. The average Bonchev–Trinajstić information content (AvgIpc) is 2.27. The maximum Gasteiger partial charge on any atom is 0.123 e. The van der Waals surface area contributed by atoms with E-state index < -0.39 is 0 Å². The summed E-state index contributed by atoms with van der Waals surface area (Å²) in [6.45, 7) is 9.24. The van der Waals surface area contributed by atoms with E-state index in [1.54, 1.807) is 6.07 Å². The van der Waals surface area contributed by atoms with Crippen molar-refractivity contribution in [2.45, 2.75) is 40.3 Å². The smallest absolute Gasteiger partial charge is 0.123 e. The highest BCUT2D eigenvalue weighted by Crippen LogP contribution is 2.24. The SMILES string of the molecule is CC(N(C)Cc1cc(F)ccc1C#N)C(C)(C)C. The Labute approximate surface area is 109 Å². The molecule has 0 radical (unpaired) electrons. The second-order valence-corrected chi connectivity index (χ2v) is 5.87. The van der Waals surface area contributed by atoms with Gasteiger partial charge in [0.1, 0.15) is 5.82 Å². The van der Waals surface area contributed by atoms with Crippen molar-refractivity contribution in [3.8, 4) is 6.07 Å². The Morgan fingerprint density at radius 1 is 1.39 bits per heavy atom. The van der Waals surface area contributed by atoms with Gasteiger partial charge in [0, 0.05) is 12.6 Å². The van der Waals surface area contributed by atoms with Gasteiger partial charge in [0.2, 0.25) is 0 Å². The lowest BCUT2D eigenvalue weighted by molar-refractivity contribution is 0.134. The molecule has 0 aliphatic heterocycles. The zero-order chi connectivity index (χ0) is 13.9. The first-order chi connectivity index (χ1) is 8.25. The lowest BCUT2D eigenvalue weighted by Crippen LogP contribution is -2.38. The highest BCUT2D eigenvalue weighted by atomic mass is 19.1. The molecule has 1 atom stereocenters. The van der Waals surface area contributed by atoms with Crippen LogP contribution in [0.2, 0.25) is 0 Å². The fourth-order valence-corrected chi connectivity index (χ4v) is 1.87. The van der Waals surface area contributed by atoms with Crippen LogP contribution in [0.5, 0.6) is 0 Å². The molecule has 3 heteroatoms. The van der Waals surface area contributed by atoms with Gasteiger partial charge in [-0.2, -0.15) is 5.26 Å². The Bertz CT molecular complexity index is 455. The Balaban J connectivity index is 2.92. The van der Waals surface area contributed by atoms with Gasteiger partial charge >= 0.3 is 0 Å². The van der Waals surface area contributed by atoms with Crippen LogP contribution in [0, 0.1) is 22.6 Å². The van der Waals surface area contributed by atoms with Gasteiger partial charge in [-0.05, 0) is 43.1 Å². The summed E-state index contributed by atoms with van der Waals surface area (Å²) >= 11 is 0. The second-order valence-electron chi connectivity index (χ2n) is 5.87. The number of nitriles is 1. The molecule has 1 unspecified atom stereocenters. The quantitative estimate of drug-likeness (QED) is 0.817. The summed E-state index contributed by atoms with van der Waals surface area (Å²) < 4.78 is 13.2. The van der Waals surface area contributed by atoms with Gasteiger partial charge in [0.25, 0.3) is 0 Å². The molecule has 0 spiro atoms. The summed E-state index contributed by atoms with van der Waals surface area (Å²) in [7, 11) is 2.00. The molecule has 0 N–H and O–H groups in total. The molecule has 98 valence electrons. The van der Waals surface area contributed by atoms with Crippen LogP contribution in [0.1, 0.15) is 38.8 Å². The van der Waals surface area contributed by atoms with Gasteiger partial charge in [0.05, 0.1) is 11.6 Å². The van der Waals surface area contributed by atoms with Crippen molar-refractivity contribution in [3.63, 3.8) is 0 Å². The number of benzene rings is 1. The molecule has 0 heterocycles. The molecule has 2 nitrogen and oxygen atoms in total. The van der Waals surface area contributed by atoms with E-state index in [1.807, 2.05) is 7.05 Å². The van der Waals surface area contributed by atoms with Gasteiger partial charge in [-0.25, -0.2) is 4.39 Å². The molecule has 0 aromatic heterocycles. The van der Waals surface area contributed by atoms with Crippen molar-refractivity contribution in [1.82, 2.24) is 4.90 Å². The molecule has 0 saturated carbocycles. The van der Waals surface area contributed by atoms with Crippen LogP contribution < -0.4 is 0 Å². The summed E-state index contributed by atoms with van der Waals surface area (Å²) in [5.74, 6) is -0.291. The predicted octanol–water partition coefficient (Wildman–Crippen LogP) is 3.56. The largest absolute Gasteiger partial charge is 0.299 e. The Morgan fingerprint density at radius 3 is 2.50 bits per heavy atom. The molecule has 18 heavy (non-hydrogen) atoms. The third-order valence-electron chi connectivity index (χ3n) is 3.52. The number of rotatable bonds is 3. The van der Waals surface area contributed by atoms with E-state index in [0.717, 1.165) is 5.56 Å².